The average molecular weight is 396 g/mol. The van der Waals surface area contributed by atoms with E-state index in [1.807, 2.05) is 35.2 Å². The maximum Gasteiger partial charge on any atom is 0.319 e. The Morgan fingerprint density at radius 2 is 1.72 bits per heavy atom. The van der Waals surface area contributed by atoms with Crippen molar-refractivity contribution in [3.8, 4) is 0 Å². The van der Waals surface area contributed by atoms with Crippen LogP contribution in [0, 0.1) is 5.92 Å². The summed E-state index contributed by atoms with van der Waals surface area (Å²) in [4.78, 5) is 26.8. The molecule has 2 aromatic rings. The Morgan fingerprint density at radius 1 is 1.07 bits per heavy atom. The molecular weight excluding hydrogens is 366 g/mol. The minimum Gasteiger partial charge on any atom is -0.394 e. The molecule has 1 atom stereocenters. The highest BCUT2D eigenvalue weighted by molar-refractivity contribution is 5.95. The SMILES string of the molecule is CC1CCN(C(=O)c2ccc(NC(=O)NC(CO)Cc3ccccc3)cc2)CC1. The summed E-state index contributed by atoms with van der Waals surface area (Å²) >= 11 is 0. The fourth-order valence-electron chi connectivity index (χ4n) is 3.50. The summed E-state index contributed by atoms with van der Waals surface area (Å²) in [6, 6.07) is 15.9. The first-order chi connectivity index (χ1) is 14.0. The third-order valence-corrected chi connectivity index (χ3v) is 5.34. The summed E-state index contributed by atoms with van der Waals surface area (Å²) in [6.07, 6.45) is 2.63. The number of benzene rings is 2. The minimum atomic E-state index is -0.385. The molecule has 1 aliphatic rings. The molecule has 0 radical (unpaired) electrons. The van der Waals surface area contributed by atoms with Crippen LogP contribution in [0.5, 0.6) is 0 Å². The van der Waals surface area contributed by atoms with E-state index in [9.17, 15) is 14.7 Å². The molecule has 1 aliphatic heterocycles. The van der Waals surface area contributed by atoms with E-state index in [0.29, 0.717) is 23.6 Å². The lowest BCUT2D eigenvalue weighted by atomic mass is 9.98. The molecule has 0 aliphatic carbocycles. The van der Waals surface area contributed by atoms with Gasteiger partial charge in [0.2, 0.25) is 0 Å². The Bertz CT molecular complexity index is 800. The Kier molecular flexibility index (Phi) is 7.25. The topological polar surface area (TPSA) is 81.7 Å². The van der Waals surface area contributed by atoms with Crippen LogP contribution in [0.4, 0.5) is 10.5 Å². The standard InChI is InChI=1S/C23H29N3O3/c1-17-11-13-26(14-12-17)22(28)19-7-9-20(10-8-19)24-23(29)25-21(16-27)15-18-5-3-2-4-6-18/h2-10,17,21,27H,11-16H2,1H3,(H2,24,25,29). The number of aliphatic hydroxyl groups is 1. The van der Waals surface area contributed by atoms with Crippen LogP contribution >= 0.6 is 0 Å². The molecule has 3 N–H and O–H groups in total. The number of carbonyl (C=O) groups is 2. The Morgan fingerprint density at radius 3 is 2.34 bits per heavy atom. The Labute approximate surface area is 171 Å². The van der Waals surface area contributed by atoms with Gasteiger partial charge in [0.05, 0.1) is 12.6 Å². The molecule has 2 aromatic carbocycles. The first kappa shape index (κ1) is 20.9. The van der Waals surface area contributed by atoms with Crippen molar-refractivity contribution in [2.45, 2.75) is 32.2 Å². The number of anilines is 1. The number of hydrogen-bond donors (Lipinski definition) is 3. The van der Waals surface area contributed by atoms with Gasteiger partial charge in [-0.3, -0.25) is 4.79 Å². The van der Waals surface area contributed by atoms with Gasteiger partial charge in [-0.2, -0.15) is 0 Å². The number of urea groups is 1. The first-order valence-corrected chi connectivity index (χ1v) is 10.2. The third kappa shape index (κ3) is 6.06. The smallest absolute Gasteiger partial charge is 0.319 e. The zero-order valence-corrected chi connectivity index (χ0v) is 16.8. The lowest BCUT2D eigenvalue weighted by Crippen LogP contribution is -2.41. The van der Waals surface area contributed by atoms with Gasteiger partial charge in [-0.05, 0) is 55.0 Å². The number of likely N-dealkylation sites (tertiary alicyclic amines) is 1. The number of hydrogen-bond acceptors (Lipinski definition) is 3. The van der Waals surface area contributed by atoms with E-state index in [1.165, 1.54) is 0 Å². The van der Waals surface area contributed by atoms with Crippen molar-refractivity contribution in [3.63, 3.8) is 0 Å². The Balaban J connectivity index is 1.52. The van der Waals surface area contributed by atoms with Crippen LogP contribution in [-0.2, 0) is 6.42 Å². The molecule has 6 heteroatoms. The van der Waals surface area contributed by atoms with Crippen molar-refractivity contribution in [1.29, 1.82) is 0 Å². The molecule has 3 rings (SSSR count). The Hall–Kier alpha value is -2.86. The predicted octanol–water partition coefficient (Wildman–Crippen LogP) is 3.28. The average Bonchev–Trinajstić information content (AvgIpc) is 2.74. The van der Waals surface area contributed by atoms with Crippen LogP contribution in [0.25, 0.3) is 0 Å². The van der Waals surface area contributed by atoms with E-state index in [0.717, 1.165) is 31.5 Å². The van der Waals surface area contributed by atoms with Crippen molar-refractivity contribution in [2.24, 2.45) is 5.92 Å². The third-order valence-electron chi connectivity index (χ3n) is 5.34. The first-order valence-electron chi connectivity index (χ1n) is 10.2. The molecule has 0 aromatic heterocycles. The van der Waals surface area contributed by atoms with Gasteiger partial charge in [0, 0.05) is 24.3 Å². The number of nitrogens with zero attached hydrogens (tertiary/aromatic N) is 1. The van der Waals surface area contributed by atoms with Gasteiger partial charge in [-0.15, -0.1) is 0 Å². The van der Waals surface area contributed by atoms with Crippen molar-refractivity contribution in [3.05, 3.63) is 65.7 Å². The van der Waals surface area contributed by atoms with Crippen molar-refractivity contribution in [1.82, 2.24) is 10.2 Å². The summed E-state index contributed by atoms with van der Waals surface area (Å²) < 4.78 is 0. The van der Waals surface area contributed by atoms with Gasteiger partial charge in [-0.25, -0.2) is 4.79 Å². The highest BCUT2D eigenvalue weighted by Gasteiger charge is 2.21. The maximum atomic E-state index is 12.6. The van der Waals surface area contributed by atoms with E-state index in [-0.39, 0.29) is 24.6 Å². The lowest BCUT2D eigenvalue weighted by Gasteiger charge is -2.30. The number of rotatable bonds is 6. The van der Waals surface area contributed by atoms with Crippen LogP contribution in [0.3, 0.4) is 0 Å². The van der Waals surface area contributed by atoms with Crippen LogP contribution in [0.15, 0.2) is 54.6 Å². The summed E-state index contributed by atoms with van der Waals surface area (Å²) in [5.41, 5.74) is 2.27. The van der Waals surface area contributed by atoms with Crippen molar-refractivity contribution >= 4 is 17.6 Å². The second-order valence-corrected chi connectivity index (χ2v) is 7.72. The van der Waals surface area contributed by atoms with Crippen LogP contribution in [0.2, 0.25) is 0 Å². The maximum absolute atomic E-state index is 12.6. The summed E-state index contributed by atoms with van der Waals surface area (Å²) in [5.74, 6) is 0.713. The highest BCUT2D eigenvalue weighted by atomic mass is 16.3. The molecule has 0 bridgehead atoms. The van der Waals surface area contributed by atoms with Crippen LogP contribution < -0.4 is 10.6 Å². The fourth-order valence-corrected chi connectivity index (χ4v) is 3.50. The van der Waals surface area contributed by atoms with Crippen LogP contribution in [0.1, 0.15) is 35.7 Å². The minimum absolute atomic E-state index is 0.0381. The van der Waals surface area contributed by atoms with E-state index < -0.39 is 0 Å². The lowest BCUT2D eigenvalue weighted by molar-refractivity contribution is 0.0697. The molecule has 29 heavy (non-hydrogen) atoms. The number of aliphatic hydroxyl groups excluding tert-OH is 1. The molecule has 1 unspecified atom stereocenters. The number of piperidine rings is 1. The zero-order valence-electron chi connectivity index (χ0n) is 16.8. The molecule has 3 amide bonds. The van der Waals surface area contributed by atoms with E-state index in [4.69, 9.17) is 0 Å². The molecule has 6 nitrogen and oxygen atoms in total. The zero-order chi connectivity index (χ0) is 20.6. The van der Waals surface area contributed by atoms with Gasteiger partial charge in [0.1, 0.15) is 0 Å². The quantitative estimate of drug-likeness (QED) is 0.702. The summed E-state index contributed by atoms with van der Waals surface area (Å²) in [5, 5.41) is 15.1. The molecule has 1 heterocycles. The predicted molar refractivity (Wildman–Crippen MR) is 114 cm³/mol. The van der Waals surface area contributed by atoms with Gasteiger partial charge in [-0.1, -0.05) is 37.3 Å². The summed E-state index contributed by atoms with van der Waals surface area (Å²) in [6.45, 7) is 3.66. The molecule has 1 saturated heterocycles. The largest absolute Gasteiger partial charge is 0.394 e. The van der Waals surface area contributed by atoms with E-state index in [1.54, 1.807) is 24.3 Å². The second-order valence-electron chi connectivity index (χ2n) is 7.72. The monoisotopic (exact) mass is 395 g/mol. The van der Waals surface area contributed by atoms with Gasteiger partial charge < -0.3 is 20.6 Å². The summed E-state index contributed by atoms with van der Waals surface area (Å²) in [7, 11) is 0. The highest BCUT2D eigenvalue weighted by Crippen LogP contribution is 2.19. The fraction of sp³-hybridized carbons (Fsp3) is 0.391. The number of nitrogens with one attached hydrogen (secondary N) is 2. The van der Waals surface area contributed by atoms with Gasteiger partial charge >= 0.3 is 6.03 Å². The van der Waals surface area contributed by atoms with Gasteiger partial charge in [0.25, 0.3) is 5.91 Å². The normalized spacial score (nSPS) is 15.6. The van der Waals surface area contributed by atoms with Gasteiger partial charge in [0.15, 0.2) is 0 Å². The number of amides is 3. The molecular formula is C23H29N3O3. The molecule has 0 spiro atoms. The number of carbonyl (C=O) groups excluding carboxylic acids is 2. The van der Waals surface area contributed by atoms with Crippen molar-refractivity contribution in [2.75, 3.05) is 25.0 Å². The van der Waals surface area contributed by atoms with Crippen molar-refractivity contribution < 1.29 is 14.7 Å². The molecule has 0 saturated carbocycles. The van der Waals surface area contributed by atoms with E-state index in [2.05, 4.69) is 17.6 Å². The van der Waals surface area contributed by atoms with Crippen LogP contribution in [-0.4, -0.2) is 47.7 Å². The van der Waals surface area contributed by atoms with E-state index >= 15 is 0 Å². The molecule has 1 fully saturated rings. The molecule has 154 valence electrons. The second kappa shape index (κ2) is 10.1.